The van der Waals surface area contributed by atoms with E-state index in [0.29, 0.717) is 12.1 Å². The molecule has 1 aliphatic carbocycles. The van der Waals surface area contributed by atoms with Crippen LogP contribution in [0.2, 0.25) is 0 Å². The highest BCUT2D eigenvalue weighted by molar-refractivity contribution is 5.80. The normalized spacial score (nSPS) is 28.0. The van der Waals surface area contributed by atoms with E-state index in [0.717, 1.165) is 50.7 Å². The molecule has 2 heterocycles. The van der Waals surface area contributed by atoms with E-state index < -0.39 is 0 Å². The number of nitrogens with one attached hydrogen (secondary N) is 2. The lowest BCUT2D eigenvalue weighted by atomic mass is 9.56. The molecule has 2 unspecified atom stereocenters. The van der Waals surface area contributed by atoms with Gasteiger partial charge in [0.15, 0.2) is 5.96 Å². The van der Waals surface area contributed by atoms with Gasteiger partial charge in [0.2, 0.25) is 0 Å². The lowest BCUT2D eigenvalue weighted by Crippen LogP contribution is -2.70. The summed E-state index contributed by atoms with van der Waals surface area (Å²) in [7, 11) is 1.81. The molecule has 6 heteroatoms. The van der Waals surface area contributed by atoms with Crippen LogP contribution in [0.5, 0.6) is 0 Å². The SMILES string of the molecule is CCN=C(NC1CCN(c2ccc(C)cn2)CC1)NC1CC(C)(OC)C1(C)C. The molecule has 1 aromatic rings. The minimum absolute atomic E-state index is 0.0679. The Hall–Kier alpha value is -1.82. The quantitative estimate of drug-likeness (QED) is 0.600. The average molecular weight is 388 g/mol. The number of aryl methyl sites for hydroxylation is 1. The number of aliphatic imine (C=N–C) groups is 1. The van der Waals surface area contributed by atoms with Gasteiger partial charge in [-0.15, -0.1) is 0 Å². The summed E-state index contributed by atoms with van der Waals surface area (Å²) in [5, 5.41) is 7.33. The first-order valence-corrected chi connectivity index (χ1v) is 10.6. The van der Waals surface area contributed by atoms with Crippen LogP contribution >= 0.6 is 0 Å². The van der Waals surface area contributed by atoms with E-state index in [9.17, 15) is 0 Å². The first-order valence-electron chi connectivity index (χ1n) is 10.6. The molecule has 2 atom stereocenters. The molecule has 28 heavy (non-hydrogen) atoms. The summed E-state index contributed by atoms with van der Waals surface area (Å²) < 4.78 is 5.76. The Morgan fingerprint density at radius 2 is 1.96 bits per heavy atom. The second kappa shape index (κ2) is 8.27. The number of hydrogen-bond donors (Lipinski definition) is 2. The minimum atomic E-state index is -0.0750. The highest BCUT2D eigenvalue weighted by Crippen LogP contribution is 2.51. The van der Waals surface area contributed by atoms with Crippen LogP contribution < -0.4 is 15.5 Å². The third-order valence-electron chi connectivity index (χ3n) is 6.96. The molecule has 6 nitrogen and oxygen atoms in total. The Kier molecular flexibility index (Phi) is 6.18. The number of pyridine rings is 1. The van der Waals surface area contributed by atoms with Gasteiger partial charge < -0.3 is 20.3 Å². The van der Waals surface area contributed by atoms with Gasteiger partial charge in [0.1, 0.15) is 5.82 Å². The molecule has 1 aliphatic heterocycles. The molecule has 0 amide bonds. The van der Waals surface area contributed by atoms with E-state index >= 15 is 0 Å². The fourth-order valence-electron chi connectivity index (χ4n) is 4.27. The van der Waals surface area contributed by atoms with Crippen LogP contribution in [-0.2, 0) is 4.74 Å². The summed E-state index contributed by atoms with van der Waals surface area (Å²) in [4.78, 5) is 11.6. The number of guanidine groups is 1. The molecule has 2 N–H and O–H groups in total. The van der Waals surface area contributed by atoms with Crippen molar-refractivity contribution in [3.63, 3.8) is 0 Å². The summed E-state index contributed by atoms with van der Waals surface area (Å²) >= 11 is 0. The maximum Gasteiger partial charge on any atom is 0.191 e. The van der Waals surface area contributed by atoms with Crippen molar-refractivity contribution in [1.29, 1.82) is 0 Å². The zero-order chi connectivity index (χ0) is 20.4. The molecule has 0 aromatic carbocycles. The number of rotatable bonds is 5. The largest absolute Gasteiger partial charge is 0.378 e. The molecule has 1 saturated heterocycles. The molecular weight excluding hydrogens is 350 g/mol. The maximum atomic E-state index is 5.76. The maximum absolute atomic E-state index is 5.76. The number of ether oxygens (including phenoxy) is 1. The van der Waals surface area contributed by atoms with Crippen molar-refractivity contribution in [1.82, 2.24) is 15.6 Å². The van der Waals surface area contributed by atoms with Gasteiger partial charge in [-0.25, -0.2) is 4.98 Å². The van der Waals surface area contributed by atoms with Gasteiger partial charge >= 0.3 is 0 Å². The highest BCUT2D eigenvalue weighted by atomic mass is 16.5. The van der Waals surface area contributed by atoms with E-state index in [-0.39, 0.29) is 11.0 Å². The summed E-state index contributed by atoms with van der Waals surface area (Å²) in [6.07, 6.45) is 5.12. The summed E-state index contributed by atoms with van der Waals surface area (Å²) in [5.74, 6) is 2.02. The highest BCUT2D eigenvalue weighted by Gasteiger charge is 2.58. The molecule has 0 radical (unpaired) electrons. The van der Waals surface area contributed by atoms with Crippen molar-refractivity contribution in [2.45, 2.75) is 71.6 Å². The Morgan fingerprint density at radius 3 is 2.50 bits per heavy atom. The van der Waals surface area contributed by atoms with E-state index in [1.54, 1.807) is 0 Å². The second-order valence-corrected chi connectivity index (χ2v) is 8.98. The minimum Gasteiger partial charge on any atom is -0.378 e. The zero-order valence-electron chi connectivity index (χ0n) is 18.4. The van der Waals surface area contributed by atoms with Gasteiger partial charge in [0, 0.05) is 50.4 Å². The van der Waals surface area contributed by atoms with Crippen molar-refractivity contribution in [3.8, 4) is 0 Å². The van der Waals surface area contributed by atoms with Gasteiger partial charge in [-0.2, -0.15) is 0 Å². The van der Waals surface area contributed by atoms with E-state index in [1.165, 1.54) is 5.56 Å². The molecule has 0 spiro atoms. The fraction of sp³-hybridized carbons (Fsp3) is 0.727. The molecule has 1 aromatic heterocycles. The van der Waals surface area contributed by atoms with Crippen LogP contribution in [-0.4, -0.2) is 55.4 Å². The number of piperidine rings is 1. The van der Waals surface area contributed by atoms with Crippen molar-refractivity contribution in [2.75, 3.05) is 31.6 Å². The fourth-order valence-corrected chi connectivity index (χ4v) is 4.27. The zero-order valence-corrected chi connectivity index (χ0v) is 18.4. The van der Waals surface area contributed by atoms with Gasteiger partial charge in [0.05, 0.1) is 5.60 Å². The number of nitrogens with zero attached hydrogens (tertiary/aromatic N) is 3. The van der Waals surface area contributed by atoms with Crippen molar-refractivity contribution in [2.24, 2.45) is 10.4 Å². The number of hydrogen-bond acceptors (Lipinski definition) is 4. The lowest BCUT2D eigenvalue weighted by molar-refractivity contribution is -0.176. The summed E-state index contributed by atoms with van der Waals surface area (Å²) in [5.41, 5.74) is 1.20. The van der Waals surface area contributed by atoms with Gasteiger partial charge in [-0.3, -0.25) is 4.99 Å². The standard InChI is InChI=1S/C22H37N5O/c1-7-23-20(26-18-14-22(5,28-6)21(18,3)4)25-17-10-12-27(13-11-17)19-9-8-16(2)15-24-19/h8-9,15,17-18H,7,10-14H2,1-6H3,(H2,23,25,26). The molecule has 2 aliphatic rings. The Bertz CT molecular complexity index is 679. The lowest BCUT2D eigenvalue weighted by Gasteiger charge is -2.59. The first kappa shape index (κ1) is 20.9. The number of anilines is 1. The van der Waals surface area contributed by atoms with Gasteiger partial charge in [-0.05, 0) is 51.7 Å². The van der Waals surface area contributed by atoms with Crippen molar-refractivity contribution < 1.29 is 4.74 Å². The Balaban J connectivity index is 1.53. The van der Waals surface area contributed by atoms with Gasteiger partial charge in [-0.1, -0.05) is 19.9 Å². The van der Waals surface area contributed by atoms with E-state index in [2.05, 4.69) is 67.3 Å². The predicted octanol–water partition coefficient (Wildman–Crippen LogP) is 3.12. The average Bonchev–Trinajstić information content (AvgIpc) is 2.69. The Morgan fingerprint density at radius 1 is 1.25 bits per heavy atom. The van der Waals surface area contributed by atoms with Crippen LogP contribution in [0.4, 0.5) is 5.82 Å². The third kappa shape index (κ3) is 4.12. The smallest absolute Gasteiger partial charge is 0.191 e. The Labute approximate surface area is 170 Å². The third-order valence-corrected chi connectivity index (χ3v) is 6.96. The molecular formula is C22H37N5O. The molecule has 0 bridgehead atoms. The summed E-state index contributed by atoms with van der Waals surface area (Å²) in [6.45, 7) is 13.7. The number of aromatic nitrogens is 1. The second-order valence-electron chi connectivity index (χ2n) is 8.98. The van der Waals surface area contributed by atoms with Crippen LogP contribution in [0.3, 0.4) is 0 Å². The van der Waals surface area contributed by atoms with E-state index in [1.807, 2.05) is 13.3 Å². The molecule has 2 fully saturated rings. The van der Waals surface area contributed by atoms with Crippen LogP contribution in [0, 0.1) is 12.3 Å². The van der Waals surface area contributed by atoms with E-state index in [4.69, 9.17) is 9.73 Å². The van der Waals surface area contributed by atoms with Gasteiger partial charge in [0.25, 0.3) is 0 Å². The van der Waals surface area contributed by atoms with Crippen LogP contribution in [0.15, 0.2) is 23.3 Å². The van der Waals surface area contributed by atoms with Crippen LogP contribution in [0.25, 0.3) is 0 Å². The molecule has 3 rings (SSSR count). The van der Waals surface area contributed by atoms with Crippen molar-refractivity contribution >= 4 is 11.8 Å². The topological polar surface area (TPSA) is 61.8 Å². The van der Waals surface area contributed by atoms with Crippen LogP contribution in [0.1, 0.15) is 52.5 Å². The summed E-state index contributed by atoms with van der Waals surface area (Å²) in [6, 6.07) is 5.07. The first-order chi connectivity index (χ1) is 13.3. The monoisotopic (exact) mass is 387 g/mol. The molecule has 156 valence electrons. The number of methoxy groups -OCH3 is 1. The van der Waals surface area contributed by atoms with Crippen molar-refractivity contribution in [3.05, 3.63) is 23.9 Å². The predicted molar refractivity (Wildman–Crippen MR) is 116 cm³/mol. The molecule has 1 saturated carbocycles.